The maximum absolute atomic E-state index is 12.6. The maximum atomic E-state index is 12.6. The molecule has 1 aromatic carbocycles. The van der Waals surface area contributed by atoms with Crippen LogP contribution in [-0.4, -0.2) is 39.7 Å². The molecule has 0 saturated heterocycles. The van der Waals surface area contributed by atoms with Gasteiger partial charge in [0.05, 0.1) is 14.2 Å². The molecule has 0 spiro atoms. The molecule has 0 saturated carbocycles. The van der Waals surface area contributed by atoms with E-state index in [2.05, 4.69) is 20.4 Å². The lowest BCUT2D eigenvalue weighted by molar-refractivity contribution is 0.0951. The number of thiazole rings is 1. The first-order chi connectivity index (χ1) is 14.1. The van der Waals surface area contributed by atoms with Gasteiger partial charge in [0, 0.05) is 23.7 Å². The molecule has 3 N–H and O–H groups in total. The van der Waals surface area contributed by atoms with Crippen LogP contribution in [0, 0.1) is 0 Å². The summed E-state index contributed by atoms with van der Waals surface area (Å²) in [6.45, 7) is 0.321. The van der Waals surface area contributed by atoms with Crippen molar-refractivity contribution in [2.45, 2.75) is 6.54 Å². The molecule has 0 aliphatic rings. The lowest BCUT2D eigenvalue weighted by Crippen LogP contribution is -2.23. The summed E-state index contributed by atoms with van der Waals surface area (Å²) in [5.41, 5.74) is 7.82. The number of hydrogen-bond acceptors (Lipinski definition) is 8. The van der Waals surface area contributed by atoms with Crippen LogP contribution in [0.25, 0.3) is 16.5 Å². The van der Waals surface area contributed by atoms with Crippen molar-refractivity contribution in [1.82, 2.24) is 24.9 Å². The van der Waals surface area contributed by atoms with Gasteiger partial charge in [0.2, 0.25) is 5.82 Å². The van der Waals surface area contributed by atoms with E-state index in [1.807, 2.05) is 17.5 Å². The third kappa shape index (κ3) is 3.69. The van der Waals surface area contributed by atoms with Gasteiger partial charge in [-0.05, 0) is 29.8 Å². The van der Waals surface area contributed by atoms with E-state index in [4.69, 9.17) is 15.2 Å². The lowest BCUT2D eigenvalue weighted by Gasteiger charge is -2.10. The molecule has 4 rings (SSSR count). The second-order valence-corrected chi connectivity index (χ2v) is 6.98. The molecular formula is C19H18N6O3S. The van der Waals surface area contributed by atoms with Crippen LogP contribution in [0.5, 0.6) is 11.5 Å². The minimum atomic E-state index is -0.271. The minimum Gasteiger partial charge on any atom is -0.493 e. The van der Waals surface area contributed by atoms with Crippen molar-refractivity contribution in [3.05, 3.63) is 53.0 Å². The van der Waals surface area contributed by atoms with Crippen LogP contribution >= 0.6 is 11.3 Å². The van der Waals surface area contributed by atoms with Crippen molar-refractivity contribution < 1.29 is 14.3 Å². The number of anilines is 1. The number of fused-ring (bicyclic) bond motifs is 1. The number of nitrogens with two attached hydrogens (primary N) is 1. The fourth-order valence-electron chi connectivity index (χ4n) is 2.84. The minimum absolute atomic E-state index is 0.271. The van der Waals surface area contributed by atoms with Gasteiger partial charge in [-0.3, -0.25) is 4.79 Å². The second-order valence-electron chi connectivity index (χ2n) is 6.08. The Kier molecular flexibility index (Phi) is 5.00. The van der Waals surface area contributed by atoms with Gasteiger partial charge < -0.3 is 20.5 Å². The fraction of sp³-hybridized carbons (Fsp3) is 0.158. The second kappa shape index (κ2) is 7.76. The van der Waals surface area contributed by atoms with Crippen LogP contribution in [-0.2, 0) is 6.54 Å². The number of amides is 1. The van der Waals surface area contributed by atoms with Crippen LogP contribution in [0.4, 0.5) is 5.82 Å². The third-order valence-corrected chi connectivity index (χ3v) is 5.02. The van der Waals surface area contributed by atoms with E-state index in [0.717, 1.165) is 5.56 Å². The van der Waals surface area contributed by atoms with E-state index in [1.54, 1.807) is 38.6 Å². The van der Waals surface area contributed by atoms with E-state index in [9.17, 15) is 4.79 Å². The maximum Gasteiger partial charge on any atom is 0.251 e. The summed E-state index contributed by atoms with van der Waals surface area (Å²) in [4.78, 5) is 21.3. The number of nitrogens with zero attached hydrogens (tertiary/aromatic N) is 4. The van der Waals surface area contributed by atoms with Gasteiger partial charge in [0.1, 0.15) is 5.82 Å². The molecule has 4 aromatic rings. The van der Waals surface area contributed by atoms with Gasteiger partial charge in [0.15, 0.2) is 22.2 Å². The number of rotatable bonds is 6. The molecule has 0 atom stereocenters. The Morgan fingerprint density at radius 2 is 2.03 bits per heavy atom. The van der Waals surface area contributed by atoms with E-state index in [-0.39, 0.29) is 5.91 Å². The molecule has 9 nitrogen and oxygen atoms in total. The first kappa shape index (κ1) is 18.7. The monoisotopic (exact) mass is 410 g/mol. The highest BCUT2D eigenvalue weighted by molar-refractivity contribution is 7.13. The number of carbonyl (C=O) groups is 1. The first-order valence-corrected chi connectivity index (χ1v) is 9.52. The van der Waals surface area contributed by atoms with Crippen LogP contribution in [0.2, 0.25) is 0 Å². The molecule has 148 valence electrons. The number of methoxy groups -OCH3 is 2. The van der Waals surface area contributed by atoms with Crippen molar-refractivity contribution in [3.63, 3.8) is 0 Å². The average Bonchev–Trinajstić information content (AvgIpc) is 3.41. The molecule has 1 amide bonds. The largest absolute Gasteiger partial charge is 0.493 e. The zero-order valence-corrected chi connectivity index (χ0v) is 16.6. The summed E-state index contributed by atoms with van der Waals surface area (Å²) in [5.74, 6) is 1.74. The van der Waals surface area contributed by atoms with Crippen molar-refractivity contribution in [1.29, 1.82) is 0 Å². The van der Waals surface area contributed by atoms with Gasteiger partial charge in [-0.15, -0.1) is 16.4 Å². The van der Waals surface area contributed by atoms with E-state index >= 15 is 0 Å². The Hall–Kier alpha value is -3.66. The molecule has 3 aromatic heterocycles. The molecule has 10 heteroatoms. The summed E-state index contributed by atoms with van der Waals surface area (Å²) < 4.78 is 12.0. The molecule has 0 bridgehead atoms. The smallest absolute Gasteiger partial charge is 0.251 e. The van der Waals surface area contributed by atoms with Gasteiger partial charge in [-0.2, -0.15) is 4.52 Å². The molecule has 0 aliphatic heterocycles. The molecule has 3 heterocycles. The van der Waals surface area contributed by atoms with Gasteiger partial charge >= 0.3 is 0 Å². The highest BCUT2D eigenvalue weighted by atomic mass is 32.1. The standard InChI is InChI=1S/C19H18N6O3S/c1-27-13-4-3-11(7-14(13)28-2)10-22-18(26)12-8-15(20)25-16(9-12)23-17(24-25)19-21-5-6-29-19/h3-9H,10,20H2,1-2H3,(H,22,26). The normalized spacial score (nSPS) is 10.8. The van der Waals surface area contributed by atoms with E-state index in [0.29, 0.717) is 45.9 Å². The van der Waals surface area contributed by atoms with Crippen molar-refractivity contribution in [2.75, 3.05) is 20.0 Å². The predicted octanol–water partition coefficient (Wildman–Crippen LogP) is 2.38. The summed E-state index contributed by atoms with van der Waals surface area (Å²) in [7, 11) is 3.14. The SMILES string of the molecule is COc1ccc(CNC(=O)c2cc(N)n3nc(-c4nccs4)nc3c2)cc1OC. The number of carbonyl (C=O) groups excluding carboxylic acids is 1. The van der Waals surface area contributed by atoms with Crippen LogP contribution < -0.4 is 20.5 Å². The Bertz CT molecular complexity index is 1170. The topological polar surface area (TPSA) is 117 Å². The molecule has 0 unspecified atom stereocenters. The summed E-state index contributed by atoms with van der Waals surface area (Å²) in [6, 6.07) is 8.68. The molecule has 0 radical (unpaired) electrons. The average molecular weight is 410 g/mol. The van der Waals surface area contributed by atoms with Crippen molar-refractivity contribution in [2.24, 2.45) is 0 Å². The summed E-state index contributed by atoms with van der Waals surface area (Å²) in [5, 5.41) is 9.76. The molecule has 0 aliphatic carbocycles. The fourth-order valence-corrected chi connectivity index (χ4v) is 3.40. The van der Waals surface area contributed by atoms with Crippen LogP contribution in [0.15, 0.2) is 41.9 Å². The van der Waals surface area contributed by atoms with Gasteiger partial charge in [-0.25, -0.2) is 9.97 Å². The Labute approximate surface area is 170 Å². The zero-order valence-electron chi connectivity index (χ0n) is 15.7. The van der Waals surface area contributed by atoms with Crippen molar-refractivity contribution in [3.8, 4) is 22.3 Å². The molecule has 29 heavy (non-hydrogen) atoms. The quantitative estimate of drug-likeness (QED) is 0.501. The number of hydrogen-bond donors (Lipinski definition) is 2. The van der Waals surface area contributed by atoms with Crippen LogP contribution in [0.1, 0.15) is 15.9 Å². The number of benzene rings is 1. The van der Waals surface area contributed by atoms with Gasteiger partial charge in [-0.1, -0.05) is 6.07 Å². The number of nitrogens with one attached hydrogen (secondary N) is 1. The number of aromatic nitrogens is 4. The highest BCUT2D eigenvalue weighted by Gasteiger charge is 2.15. The first-order valence-electron chi connectivity index (χ1n) is 8.64. The van der Waals surface area contributed by atoms with Crippen LogP contribution in [0.3, 0.4) is 0 Å². The summed E-state index contributed by atoms with van der Waals surface area (Å²) >= 11 is 1.43. The lowest BCUT2D eigenvalue weighted by atomic mass is 10.2. The molecular weight excluding hydrogens is 392 g/mol. The Morgan fingerprint density at radius 1 is 1.21 bits per heavy atom. The predicted molar refractivity (Wildman–Crippen MR) is 109 cm³/mol. The number of ether oxygens (including phenoxy) is 2. The summed E-state index contributed by atoms with van der Waals surface area (Å²) in [6.07, 6.45) is 1.68. The zero-order chi connectivity index (χ0) is 20.4. The van der Waals surface area contributed by atoms with E-state index in [1.165, 1.54) is 15.9 Å². The number of pyridine rings is 1. The molecule has 0 fully saturated rings. The highest BCUT2D eigenvalue weighted by Crippen LogP contribution is 2.27. The van der Waals surface area contributed by atoms with Gasteiger partial charge in [0.25, 0.3) is 5.91 Å². The van der Waals surface area contributed by atoms with E-state index < -0.39 is 0 Å². The Balaban J connectivity index is 1.54. The van der Waals surface area contributed by atoms with Crippen molar-refractivity contribution >= 4 is 28.7 Å². The third-order valence-electron chi connectivity index (χ3n) is 4.25. The number of nitrogen functional groups attached to an aromatic ring is 1. The Morgan fingerprint density at radius 3 is 2.76 bits per heavy atom.